The van der Waals surface area contributed by atoms with Crippen molar-refractivity contribution in [3.8, 4) is 5.69 Å². The van der Waals surface area contributed by atoms with Crippen molar-refractivity contribution in [1.29, 1.82) is 0 Å². The number of tetrazole rings is 2. The van der Waals surface area contributed by atoms with Crippen LogP contribution in [0.4, 0.5) is 10.5 Å². The smallest absolute Gasteiger partial charge is 0.319 e. The SMILES string of the molecule is Cc1ccc(-n2cnnn2)cc1NC(=O)NC1CCc2nnnn2CC1. The summed E-state index contributed by atoms with van der Waals surface area (Å²) in [7, 11) is 0. The molecule has 2 aromatic heterocycles. The lowest BCUT2D eigenvalue weighted by atomic mass is 10.1. The van der Waals surface area contributed by atoms with Crippen molar-refractivity contribution in [2.24, 2.45) is 0 Å². The maximum atomic E-state index is 12.4. The van der Waals surface area contributed by atoms with Crippen LogP contribution in [-0.2, 0) is 13.0 Å². The van der Waals surface area contributed by atoms with E-state index in [0.717, 1.165) is 36.3 Å². The zero-order valence-electron chi connectivity index (χ0n) is 14.2. The van der Waals surface area contributed by atoms with E-state index in [4.69, 9.17) is 0 Å². The molecule has 11 heteroatoms. The van der Waals surface area contributed by atoms with Gasteiger partial charge in [-0.2, -0.15) is 0 Å². The molecule has 1 aliphatic heterocycles. The third-order valence-corrected chi connectivity index (χ3v) is 4.43. The highest BCUT2D eigenvalue weighted by atomic mass is 16.2. The summed E-state index contributed by atoms with van der Waals surface area (Å²) in [5.74, 6) is 0.861. The molecule has 0 radical (unpaired) electrons. The molecule has 3 heterocycles. The third kappa shape index (κ3) is 3.36. The number of hydrogen-bond donors (Lipinski definition) is 2. The molecule has 26 heavy (non-hydrogen) atoms. The zero-order valence-corrected chi connectivity index (χ0v) is 14.2. The Morgan fingerprint density at radius 1 is 1.23 bits per heavy atom. The highest BCUT2D eigenvalue weighted by Gasteiger charge is 2.20. The first-order valence-electron chi connectivity index (χ1n) is 8.35. The number of aromatic nitrogens is 8. The van der Waals surface area contributed by atoms with Crippen LogP contribution in [0.25, 0.3) is 5.69 Å². The van der Waals surface area contributed by atoms with Crippen LogP contribution in [0.2, 0.25) is 0 Å². The van der Waals surface area contributed by atoms with Crippen LogP contribution in [0.1, 0.15) is 24.2 Å². The minimum atomic E-state index is -0.238. The molecular weight excluding hydrogens is 336 g/mol. The maximum Gasteiger partial charge on any atom is 0.319 e. The number of urea groups is 1. The monoisotopic (exact) mass is 354 g/mol. The van der Waals surface area contributed by atoms with Crippen LogP contribution in [0.3, 0.4) is 0 Å². The van der Waals surface area contributed by atoms with E-state index in [1.165, 1.54) is 11.0 Å². The molecular formula is C15H18N10O. The topological polar surface area (TPSA) is 128 Å². The van der Waals surface area contributed by atoms with Gasteiger partial charge in [-0.05, 0) is 58.3 Å². The van der Waals surface area contributed by atoms with Crippen LogP contribution >= 0.6 is 0 Å². The van der Waals surface area contributed by atoms with Crippen LogP contribution in [0, 0.1) is 6.92 Å². The Morgan fingerprint density at radius 3 is 3.00 bits per heavy atom. The molecule has 0 fully saturated rings. The molecule has 11 nitrogen and oxygen atoms in total. The highest BCUT2D eigenvalue weighted by Crippen LogP contribution is 2.19. The molecule has 3 aromatic rings. The van der Waals surface area contributed by atoms with Gasteiger partial charge in [0, 0.05) is 24.7 Å². The number of benzene rings is 1. The summed E-state index contributed by atoms with van der Waals surface area (Å²) in [5, 5.41) is 28.7. The zero-order chi connectivity index (χ0) is 17.9. The lowest BCUT2D eigenvalue weighted by molar-refractivity contribution is 0.246. The van der Waals surface area contributed by atoms with Gasteiger partial charge in [0.05, 0.1) is 5.69 Å². The fourth-order valence-electron chi connectivity index (χ4n) is 2.96. The summed E-state index contributed by atoms with van der Waals surface area (Å²) >= 11 is 0. The summed E-state index contributed by atoms with van der Waals surface area (Å²) in [6.07, 6.45) is 3.84. The van der Waals surface area contributed by atoms with Crippen molar-refractivity contribution < 1.29 is 4.79 Å². The Bertz CT molecular complexity index is 881. The summed E-state index contributed by atoms with van der Waals surface area (Å²) in [5.41, 5.74) is 2.44. The van der Waals surface area contributed by atoms with Gasteiger partial charge >= 0.3 is 6.03 Å². The Balaban J connectivity index is 1.40. The van der Waals surface area contributed by atoms with Gasteiger partial charge in [-0.3, -0.25) is 0 Å². The summed E-state index contributed by atoms with van der Waals surface area (Å²) in [4.78, 5) is 12.4. The van der Waals surface area contributed by atoms with Crippen molar-refractivity contribution in [2.45, 2.75) is 38.8 Å². The molecule has 1 aliphatic rings. The fourth-order valence-corrected chi connectivity index (χ4v) is 2.96. The second kappa shape index (κ2) is 6.86. The molecule has 1 atom stereocenters. The highest BCUT2D eigenvalue weighted by molar-refractivity contribution is 5.90. The number of fused-ring (bicyclic) bond motifs is 1. The molecule has 0 saturated heterocycles. The lowest BCUT2D eigenvalue weighted by Gasteiger charge is -2.17. The van der Waals surface area contributed by atoms with E-state index in [-0.39, 0.29) is 12.1 Å². The van der Waals surface area contributed by atoms with E-state index >= 15 is 0 Å². The molecule has 4 rings (SSSR count). The van der Waals surface area contributed by atoms with Gasteiger partial charge < -0.3 is 10.6 Å². The average molecular weight is 354 g/mol. The predicted octanol–water partition coefficient (Wildman–Crippen LogP) is 0.484. The minimum Gasteiger partial charge on any atom is -0.335 e. The first kappa shape index (κ1) is 16.1. The van der Waals surface area contributed by atoms with Crippen molar-refractivity contribution in [2.75, 3.05) is 5.32 Å². The van der Waals surface area contributed by atoms with Crippen molar-refractivity contribution in [3.05, 3.63) is 35.9 Å². The molecule has 1 unspecified atom stereocenters. The van der Waals surface area contributed by atoms with Crippen LogP contribution in [-0.4, -0.2) is 52.5 Å². The molecule has 1 aromatic carbocycles. The quantitative estimate of drug-likeness (QED) is 0.700. The molecule has 0 aliphatic carbocycles. The second-order valence-electron chi connectivity index (χ2n) is 6.19. The predicted molar refractivity (Wildman–Crippen MR) is 90.6 cm³/mol. The van der Waals surface area contributed by atoms with Gasteiger partial charge in [-0.15, -0.1) is 10.2 Å². The Labute approximate surface area is 148 Å². The van der Waals surface area contributed by atoms with Crippen molar-refractivity contribution in [1.82, 2.24) is 45.7 Å². The molecule has 0 bridgehead atoms. The van der Waals surface area contributed by atoms with Crippen molar-refractivity contribution in [3.63, 3.8) is 0 Å². The van der Waals surface area contributed by atoms with E-state index in [0.29, 0.717) is 12.2 Å². The summed E-state index contributed by atoms with van der Waals surface area (Å²) in [6.45, 7) is 2.63. The molecule has 0 spiro atoms. The van der Waals surface area contributed by atoms with Gasteiger partial charge in [0.15, 0.2) is 5.82 Å². The number of hydrogen-bond acceptors (Lipinski definition) is 7. The number of nitrogens with one attached hydrogen (secondary N) is 2. The number of nitrogens with zero attached hydrogens (tertiary/aromatic N) is 8. The van der Waals surface area contributed by atoms with E-state index in [9.17, 15) is 4.79 Å². The van der Waals surface area contributed by atoms with Crippen LogP contribution in [0.15, 0.2) is 24.5 Å². The third-order valence-electron chi connectivity index (χ3n) is 4.43. The average Bonchev–Trinajstić information content (AvgIpc) is 3.28. The summed E-state index contributed by atoms with van der Waals surface area (Å²) < 4.78 is 3.33. The van der Waals surface area contributed by atoms with Gasteiger partial charge in [0.25, 0.3) is 0 Å². The Kier molecular flexibility index (Phi) is 4.25. The lowest BCUT2D eigenvalue weighted by Crippen LogP contribution is -2.38. The second-order valence-corrected chi connectivity index (χ2v) is 6.19. The maximum absolute atomic E-state index is 12.4. The van der Waals surface area contributed by atoms with Crippen molar-refractivity contribution >= 4 is 11.7 Å². The van der Waals surface area contributed by atoms with E-state index in [1.807, 2.05) is 25.1 Å². The standard InChI is InChI=1S/C15H18N10O/c1-10-2-4-12(25-9-16-20-22-25)8-13(10)18-15(26)17-11-3-5-14-19-21-23-24(14)7-6-11/h2,4,8-9,11H,3,5-7H2,1H3,(H2,17,18,26). The number of anilines is 1. The number of carbonyl (C=O) groups excluding carboxylic acids is 1. The minimum absolute atomic E-state index is 0.0569. The van der Waals surface area contributed by atoms with Gasteiger partial charge in [-0.1, -0.05) is 6.07 Å². The first-order valence-corrected chi connectivity index (χ1v) is 8.35. The van der Waals surface area contributed by atoms with Gasteiger partial charge in [0.1, 0.15) is 6.33 Å². The van der Waals surface area contributed by atoms with Crippen LogP contribution in [0.5, 0.6) is 0 Å². The molecule has 134 valence electrons. The Morgan fingerprint density at radius 2 is 2.15 bits per heavy atom. The number of carbonyl (C=O) groups is 1. The molecule has 2 N–H and O–H groups in total. The number of amides is 2. The number of rotatable bonds is 3. The van der Waals surface area contributed by atoms with E-state index in [2.05, 4.69) is 41.7 Å². The van der Waals surface area contributed by atoms with E-state index < -0.39 is 0 Å². The fraction of sp³-hybridized carbons (Fsp3) is 0.400. The molecule has 0 saturated carbocycles. The van der Waals surface area contributed by atoms with Gasteiger partial charge in [0.2, 0.25) is 0 Å². The van der Waals surface area contributed by atoms with E-state index in [1.54, 1.807) is 4.68 Å². The normalized spacial score (nSPS) is 16.6. The summed E-state index contributed by atoms with van der Waals surface area (Å²) in [6, 6.07) is 5.46. The van der Waals surface area contributed by atoms with Gasteiger partial charge in [-0.25, -0.2) is 14.2 Å². The number of aryl methyl sites for hydroxylation is 3. The Hall–Kier alpha value is -3.37. The largest absolute Gasteiger partial charge is 0.335 e. The first-order chi connectivity index (χ1) is 12.7. The molecule has 2 amide bonds. The van der Waals surface area contributed by atoms with Crippen LogP contribution < -0.4 is 10.6 Å².